The minimum atomic E-state index is -0.510. The topological polar surface area (TPSA) is 113 Å². The Kier molecular flexibility index (Phi) is 4.99. The van der Waals surface area contributed by atoms with Crippen molar-refractivity contribution >= 4 is 23.0 Å². The number of hydrogen-bond acceptors (Lipinski definition) is 8. The highest BCUT2D eigenvalue weighted by Gasteiger charge is 2.18. The second-order valence-electron chi connectivity index (χ2n) is 4.31. The first kappa shape index (κ1) is 15.8. The number of nitro benzene ring substituents is 1. The largest absolute Gasteiger partial charge is 0.475 e. The number of nitro groups is 1. The highest BCUT2D eigenvalue weighted by Crippen LogP contribution is 2.28. The highest BCUT2D eigenvalue weighted by molar-refractivity contribution is 6.30. The zero-order chi connectivity index (χ0) is 16.1. The van der Waals surface area contributed by atoms with Crippen molar-refractivity contribution in [2.24, 2.45) is 0 Å². The van der Waals surface area contributed by atoms with E-state index in [1.165, 1.54) is 19.2 Å². The lowest BCUT2D eigenvalue weighted by Gasteiger charge is -2.14. The minimum absolute atomic E-state index is 0.111. The first-order chi connectivity index (χ1) is 10.5. The molecule has 0 aliphatic rings. The Bertz CT molecular complexity index is 663. The molecule has 1 aromatic carbocycles. The Labute approximate surface area is 130 Å². The first-order valence-corrected chi connectivity index (χ1v) is 6.60. The Balaban J connectivity index is 1.99. The van der Waals surface area contributed by atoms with Crippen LogP contribution in [0.25, 0.3) is 0 Å². The van der Waals surface area contributed by atoms with Crippen LogP contribution in [0.1, 0.15) is 6.92 Å². The van der Waals surface area contributed by atoms with E-state index in [0.717, 1.165) is 0 Å². The van der Waals surface area contributed by atoms with Crippen molar-refractivity contribution in [3.63, 3.8) is 0 Å². The summed E-state index contributed by atoms with van der Waals surface area (Å²) in [6.45, 7) is 2.04. The lowest BCUT2D eigenvalue weighted by molar-refractivity contribution is -0.383. The fourth-order valence-corrected chi connectivity index (χ4v) is 1.83. The van der Waals surface area contributed by atoms with E-state index in [1.54, 1.807) is 13.0 Å². The molecule has 0 radical (unpaired) electrons. The van der Waals surface area contributed by atoms with Gasteiger partial charge in [-0.25, -0.2) is 4.63 Å². The van der Waals surface area contributed by atoms with Gasteiger partial charge >= 0.3 is 11.8 Å². The van der Waals surface area contributed by atoms with Gasteiger partial charge in [0.25, 0.3) is 5.69 Å². The summed E-state index contributed by atoms with van der Waals surface area (Å²) in [5, 5.41) is 21.3. The fraction of sp³-hybridized carbons (Fsp3) is 0.333. The van der Waals surface area contributed by atoms with Crippen LogP contribution < -0.4 is 14.8 Å². The Morgan fingerprint density at radius 1 is 1.45 bits per heavy atom. The van der Waals surface area contributed by atoms with E-state index in [2.05, 4.69) is 20.3 Å². The maximum absolute atomic E-state index is 11.0. The molecule has 0 fully saturated rings. The van der Waals surface area contributed by atoms with Crippen LogP contribution in [-0.4, -0.2) is 35.0 Å². The third-order valence-corrected chi connectivity index (χ3v) is 2.91. The molecule has 0 unspecified atom stereocenters. The molecule has 0 spiro atoms. The number of aromatic nitrogens is 2. The lowest BCUT2D eigenvalue weighted by Crippen LogP contribution is -2.23. The summed E-state index contributed by atoms with van der Waals surface area (Å²) in [6.07, 6.45) is -0.365. The molecule has 1 heterocycles. The summed E-state index contributed by atoms with van der Waals surface area (Å²) in [5.41, 5.74) is 0.232. The van der Waals surface area contributed by atoms with Gasteiger partial charge in [-0.3, -0.25) is 10.1 Å². The van der Waals surface area contributed by atoms with Crippen molar-refractivity contribution in [2.45, 2.75) is 13.0 Å². The Morgan fingerprint density at radius 2 is 2.18 bits per heavy atom. The summed E-state index contributed by atoms with van der Waals surface area (Å²) in [4.78, 5) is 10.5. The maximum atomic E-state index is 11.0. The van der Waals surface area contributed by atoms with Gasteiger partial charge < -0.3 is 14.8 Å². The molecule has 1 N–H and O–H groups in total. The molecule has 22 heavy (non-hydrogen) atoms. The molecular weight excluding hydrogens is 316 g/mol. The SMILES string of the molecule is COc1nonc1O[C@H](C)CNc1ccc(Cl)cc1[N+](=O)[O-]. The predicted octanol–water partition coefficient (Wildman–Crippen LogP) is 2.52. The van der Waals surface area contributed by atoms with Gasteiger partial charge in [-0.2, -0.15) is 0 Å². The Morgan fingerprint density at radius 3 is 2.86 bits per heavy atom. The van der Waals surface area contributed by atoms with Crippen LogP contribution in [0.2, 0.25) is 5.02 Å². The van der Waals surface area contributed by atoms with Crippen molar-refractivity contribution in [3.05, 3.63) is 33.3 Å². The van der Waals surface area contributed by atoms with Crippen molar-refractivity contribution in [1.82, 2.24) is 10.3 Å². The number of methoxy groups -OCH3 is 1. The quantitative estimate of drug-likeness (QED) is 0.609. The predicted molar refractivity (Wildman–Crippen MR) is 77.5 cm³/mol. The third-order valence-electron chi connectivity index (χ3n) is 2.67. The molecule has 0 bridgehead atoms. The maximum Gasteiger partial charge on any atom is 0.320 e. The van der Waals surface area contributed by atoms with Crippen LogP contribution in [0.15, 0.2) is 22.8 Å². The molecule has 0 aliphatic carbocycles. The number of nitrogens with zero attached hydrogens (tertiary/aromatic N) is 3. The molecule has 1 atom stereocenters. The van der Waals surface area contributed by atoms with Crippen molar-refractivity contribution < 1.29 is 19.0 Å². The third kappa shape index (κ3) is 3.76. The van der Waals surface area contributed by atoms with Gasteiger partial charge in [-0.1, -0.05) is 11.6 Å². The normalized spacial score (nSPS) is 11.8. The van der Waals surface area contributed by atoms with Crippen LogP contribution in [0, 0.1) is 10.1 Å². The second-order valence-corrected chi connectivity index (χ2v) is 4.74. The molecule has 2 aromatic rings. The average Bonchev–Trinajstić information content (AvgIpc) is 2.92. The molecule has 1 aromatic heterocycles. The van der Waals surface area contributed by atoms with Gasteiger partial charge in [-0.05, 0) is 29.4 Å². The molecule has 2 rings (SSSR count). The zero-order valence-corrected chi connectivity index (χ0v) is 12.5. The zero-order valence-electron chi connectivity index (χ0n) is 11.8. The highest BCUT2D eigenvalue weighted by atomic mass is 35.5. The summed E-state index contributed by atoms with van der Waals surface area (Å²) in [6, 6.07) is 4.37. The first-order valence-electron chi connectivity index (χ1n) is 6.22. The van der Waals surface area contributed by atoms with E-state index in [4.69, 9.17) is 21.1 Å². The van der Waals surface area contributed by atoms with Crippen LogP contribution in [0.3, 0.4) is 0 Å². The fourth-order valence-electron chi connectivity index (χ4n) is 1.66. The van der Waals surface area contributed by atoms with Gasteiger partial charge in [0.15, 0.2) is 0 Å². The second kappa shape index (κ2) is 6.94. The minimum Gasteiger partial charge on any atom is -0.475 e. The number of ether oxygens (including phenoxy) is 2. The number of anilines is 1. The number of hydrogen-bond donors (Lipinski definition) is 1. The van der Waals surface area contributed by atoms with Gasteiger partial charge in [0.1, 0.15) is 11.8 Å². The summed E-state index contributed by atoms with van der Waals surface area (Å²) >= 11 is 5.76. The summed E-state index contributed by atoms with van der Waals surface area (Å²) < 4.78 is 14.9. The average molecular weight is 329 g/mol. The molecule has 0 aliphatic heterocycles. The van der Waals surface area contributed by atoms with Crippen molar-refractivity contribution in [2.75, 3.05) is 19.0 Å². The van der Waals surface area contributed by atoms with Gasteiger partial charge in [0.05, 0.1) is 18.6 Å². The summed E-state index contributed by atoms with van der Waals surface area (Å²) in [5.74, 6) is 0.242. The number of benzene rings is 1. The molecule has 0 saturated carbocycles. The van der Waals surface area contributed by atoms with Crippen LogP contribution in [0.5, 0.6) is 11.8 Å². The van der Waals surface area contributed by atoms with E-state index in [1.807, 2.05) is 0 Å². The van der Waals surface area contributed by atoms with E-state index in [9.17, 15) is 10.1 Å². The molecule has 0 saturated heterocycles. The van der Waals surface area contributed by atoms with Crippen LogP contribution in [-0.2, 0) is 0 Å². The van der Waals surface area contributed by atoms with E-state index in [0.29, 0.717) is 17.3 Å². The van der Waals surface area contributed by atoms with E-state index >= 15 is 0 Å². The van der Waals surface area contributed by atoms with E-state index < -0.39 is 4.92 Å². The number of nitrogens with one attached hydrogen (secondary N) is 1. The standard InChI is InChI=1S/C12H13ClN4O5/c1-7(21-12-11(20-2)15-22-16-12)6-14-9-4-3-8(13)5-10(9)17(18)19/h3-5,7,14H,6H2,1-2H3/t7-/m1/s1. The number of halogens is 1. The van der Waals surface area contributed by atoms with Crippen LogP contribution >= 0.6 is 11.6 Å². The molecule has 9 nitrogen and oxygen atoms in total. The molecule has 0 amide bonds. The van der Waals surface area contributed by atoms with Crippen molar-refractivity contribution in [1.29, 1.82) is 0 Å². The number of rotatable bonds is 7. The van der Waals surface area contributed by atoms with Gasteiger partial charge in [0.2, 0.25) is 0 Å². The van der Waals surface area contributed by atoms with Crippen LogP contribution in [0.4, 0.5) is 11.4 Å². The molecule has 10 heteroatoms. The van der Waals surface area contributed by atoms with Gasteiger partial charge in [0, 0.05) is 11.1 Å². The monoisotopic (exact) mass is 328 g/mol. The van der Waals surface area contributed by atoms with E-state index in [-0.39, 0.29) is 23.6 Å². The molecule has 118 valence electrons. The lowest BCUT2D eigenvalue weighted by atomic mass is 10.2. The smallest absolute Gasteiger partial charge is 0.320 e. The van der Waals surface area contributed by atoms with Gasteiger partial charge in [-0.15, -0.1) is 0 Å². The molecular formula is C12H13ClN4O5. The Hall–Kier alpha value is -2.55. The van der Waals surface area contributed by atoms with Crippen molar-refractivity contribution in [3.8, 4) is 11.8 Å². The summed E-state index contributed by atoms with van der Waals surface area (Å²) in [7, 11) is 1.41.